The molecule has 0 aromatic rings. The molecule has 0 spiro atoms. The molecule has 0 saturated heterocycles. The Balaban J connectivity index is 3.37. The van der Waals surface area contributed by atoms with Gasteiger partial charge in [-0.2, -0.15) is 0 Å². The van der Waals surface area contributed by atoms with Gasteiger partial charge >= 0.3 is 5.97 Å². The van der Waals surface area contributed by atoms with Crippen LogP contribution in [0, 0.1) is 4.91 Å². The van der Waals surface area contributed by atoms with Gasteiger partial charge in [0.15, 0.2) is 0 Å². The SMILES string of the molecule is CCOC(=O)CCN(C)N=O. The van der Waals surface area contributed by atoms with E-state index in [2.05, 4.69) is 10.0 Å². The molecular formula is C6H12N2O3. The van der Waals surface area contributed by atoms with Crippen molar-refractivity contribution in [3.63, 3.8) is 0 Å². The first-order valence-electron chi connectivity index (χ1n) is 3.40. The Morgan fingerprint density at radius 3 is 2.73 bits per heavy atom. The van der Waals surface area contributed by atoms with Gasteiger partial charge in [0.2, 0.25) is 0 Å². The van der Waals surface area contributed by atoms with Crippen molar-refractivity contribution in [3.05, 3.63) is 4.91 Å². The predicted molar refractivity (Wildman–Crippen MR) is 39.7 cm³/mol. The smallest absolute Gasteiger partial charge is 0.307 e. The minimum Gasteiger partial charge on any atom is -0.466 e. The van der Waals surface area contributed by atoms with Gasteiger partial charge in [-0.1, -0.05) is 0 Å². The molecule has 0 heterocycles. The molecule has 0 amide bonds. The molecule has 0 unspecified atom stereocenters. The Hall–Kier alpha value is -1.13. The highest BCUT2D eigenvalue weighted by Crippen LogP contribution is 1.90. The van der Waals surface area contributed by atoms with Crippen molar-refractivity contribution in [2.75, 3.05) is 20.2 Å². The zero-order valence-electron chi connectivity index (χ0n) is 6.74. The average molecular weight is 160 g/mol. The first-order valence-corrected chi connectivity index (χ1v) is 3.40. The van der Waals surface area contributed by atoms with Gasteiger partial charge in [0.05, 0.1) is 18.3 Å². The third-order valence-electron chi connectivity index (χ3n) is 1.08. The van der Waals surface area contributed by atoms with Gasteiger partial charge in [-0.3, -0.25) is 9.80 Å². The van der Waals surface area contributed by atoms with E-state index in [4.69, 9.17) is 0 Å². The molecule has 0 rings (SSSR count). The molecule has 0 aromatic carbocycles. The van der Waals surface area contributed by atoms with Crippen LogP contribution in [0.5, 0.6) is 0 Å². The average Bonchev–Trinajstić information content (AvgIpc) is 2.01. The third-order valence-corrected chi connectivity index (χ3v) is 1.08. The van der Waals surface area contributed by atoms with Crippen molar-refractivity contribution in [3.8, 4) is 0 Å². The number of hydrogen-bond acceptors (Lipinski definition) is 4. The van der Waals surface area contributed by atoms with Crippen LogP contribution in [0.2, 0.25) is 0 Å². The highest BCUT2D eigenvalue weighted by atomic mass is 16.5. The Kier molecular flexibility index (Phi) is 5.06. The first-order chi connectivity index (χ1) is 5.20. The summed E-state index contributed by atoms with van der Waals surface area (Å²) in [5, 5.41) is 3.75. The fraction of sp³-hybridized carbons (Fsp3) is 0.833. The molecule has 64 valence electrons. The number of carbonyl (C=O) groups excluding carboxylic acids is 1. The number of rotatable bonds is 5. The minimum atomic E-state index is -0.303. The summed E-state index contributed by atoms with van der Waals surface area (Å²) in [6.45, 7) is 2.42. The maximum atomic E-state index is 10.7. The number of ether oxygens (including phenoxy) is 1. The van der Waals surface area contributed by atoms with Crippen molar-refractivity contribution < 1.29 is 9.53 Å². The van der Waals surface area contributed by atoms with Gasteiger partial charge < -0.3 is 4.74 Å². The molecule has 0 atom stereocenters. The molecule has 5 heteroatoms. The fourth-order valence-electron chi connectivity index (χ4n) is 0.527. The van der Waals surface area contributed by atoms with Crippen LogP contribution in [0.1, 0.15) is 13.3 Å². The van der Waals surface area contributed by atoms with E-state index in [1.807, 2.05) is 0 Å². The number of carbonyl (C=O) groups is 1. The molecule has 0 radical (unpaired) electrons. The van der Waals surface area contributed by atoms with Crippen molar-refractivity contribution in [1.29, 1.82) is 0 Å². The standard InChI is InChI=1S/C6H12N2O3/c1-3-11-6(9)4-5-8(2)7-10/h3-5H2,1-2H3. The second kappa shape index (κ2) is 5.64. The number of nitroso groups, excluding NO2 is 1. The first kappa shape index (κ1) is 9.87. The van der Waals surface area contributed by atoms with Gasteiger partial charge in [-0.15, -0.1) is 4.91 Å². The van der Waals surface area contributed by atoms with E-state index >= 15 is 0 Å². The van der Waals surface area contributed by atoms with E-state index in [0.29, 0.717) is 13.2 Å². The lowest BCUT2D eigenvalue weighted by Gasteiger charge is -2.06. The highest BCUT2D eigenvalue weighted by molar-refractivity contribution is 5.69. The molecule has 0 aromatic heterocycles. The molecule has 0 aliphatic rings. The number of esters is 1. The Morgan fingerprint density at radius 1 is 1.64 bits per heavy atom. The van der Waals surface area contributed by atoms with Gasteiger partial charge in [0.1, 0.15) is 0 Å². The molecular weight excluding hydrogens is 148 g/mol. The summed E-state index contributed by atoms with van der Waals surface area (Å²) < 4.78 is 4.63. The van der Waals surface area contributed by atoms with E-state index in [9.17, 15) is 9.70 Å². The molecule has 0 saturated carbocycles. The number of hydrogen-bond donors (Lipinski definition) is 0. The molecule has 0 aliphatic carbocycles. The van der Waals surface area contributed by atoms with Crippen LogP contribution in [0.25, 0.3) is 0 Å². The summed E-state index contributed by atoms with van der Waals surface area (Å²) >= 11 is 0. The van der Waals surface area contributed by atoms with Gasteiger partial charge in [0, 0.05) is 13.6 Å². The zero-order chi connectivity index (χ0) is 8.69. The third kappa shape index (κ3) is 5.32. The van der Waals surface area contributed by atoms with Gasteiger partial charge in [-0.05, 0) is 6.92 Å². The van der Waals surface area contributed by atoms with Crippen LogP contribution in [-0.2, 0) is 9.53 Å². The summed E-state index contributed by atoms with van der Waals surface area (Å²) in [6.07, 6.45) is 0.204. The largest absolute Gasteiger partial charge is 0.466 e. The van der Waals surface area contributed by atoms with Gasteiger partial charge in [0.25, 0.3) is 0 Å². The quantitative estimate of drug-likeness (QED) is 0.335. The van der Waals surface area contributed by atoms with Crippen LogP contribution < -0.4 is 0 Å². The van der Waals surface area contributed by atoms with Crippen LogP contribution in [0.3, 0.4) is 0 Å². The monoisotopic (exact) mass is 160 g/mol. The second-order valence-corrected chi connectivity index (χ2v) is 2.02. The zero-order valence-corrected chi connectivity index (χ0v) is 6.74. The second-order valence-electron chi connectivity index (χ2n) is 2.02. The Labute approximate surface area is 65.3 Å². The van der Waals surface area contributed by atoms with Crippen molar-refractivity contribution in [2.45, 2.75) is 13.3 Å². The van der Waals surface area contributed by atoms with Crippen molar-refractivity contribution in [2.24, 2.45) is 5.29 Å². The summed E-state index contributed by atoms with van der Waals surface area (Å²) in [5.41, 5.74) is 0. The van der Waals surface area contributed by atoms with E-state index in [1.54, 1.807) is 6.92 Å². The lowest BCUT2D eigenvalue weighted by molar-refractivity contribution is -0.143. The van der Waals surface area contributed by atoms with Crippen molar-refractivity contribution in [1.82, 2.24) is 5.01 Å². The lowest BCUT2D eigenvalue weighted by atomic mass is 10.4. The topological polar surface area (TPSA) is 59.0 Å². The molecule has 0 bridgehead atoms. The molecule has 0 N–H and O–H groups in total. The van der Waals surface area contributed by atoms with Crippen LogP contribution in [0.4, 0.5) is 0 Å². The fourth-order valence-corrected chi connectivity index (χ4v) is 0.527. The van der Waals surface area contributed by atoms with Crippen LogP contribution in [-0.4, -0.2) is 31.2 Å². The minimum absolute atomic E-state index is 0.204. The van der Waals surface area contributed by atoms with E-state index in [1.165, 1.54) is 7.05 Å². The van der Waals surface area contributed by atoms with E-state index < -0.39 is 0 Å². The Morgan fingerprint density at radius 2 is 2.27 bits per heavy atom. The summed E-state index contributed by atoms with van der Waals surface area (Å²) in [4.78, 5) is 20.5. The summed E-state index contributed by atoms with van der Waals surface area (Å²) in [5.74, 6) is -0.303. The predicted octanol–water partition coefficient (Wildman–Crippen LogP) is 0.553. The van der Waals surface area contributed by atoms with Crippen LogP contribution >= 0.6 is 0 Å². The van der Waals surface area contributed by atoms with Crippen molar-refractivity contribution >= 4 is 5.97 Å². The van der Waals surface area contributed by atoms with E-state index in [-0.39, 0.29) is 12.4 Å². The molecule has 11 heavy (non-hydrogen) atoms. The normalized spacial score (nSPS) is 8.91. The lowest BCUT2D eigenvalue weighted by Crippen LogP contribution is -2.16. The van der Waals surface area contributed by atoms with Gasteiger partial charge in [-0.25, -0.2) is 0 Å². The maximum absolute atomic E-state index is 10.7. The summed E-state index contributed by atoms with van der Waals surface area (Å²) in [6, 6.07) is 0. The maximum Gasteiger partial charge on any atom is 0.307 e. The molecule has 5 nitrogen and oxygen atoms in total. The Bertz CT molecular complexity index is 138. The highest BCUT2D eigenvalue weighted by Gasteiger charge is 2.02. The van der Waals surface area contributed by atoms with E-state index in [0.717, 1.165) is 5.01 Å². The molecule has 0 aliphatic heterocycles. The summed E-state index contributed by atoms with van der Waals surface area (Å²) in [7, 11) is 1.51. The number of nitrogens with zero attached hydrogens (tertiary/aromatic N) is 2. The van der Waals surface area contributed by atoms with Crippen LogP contribution in [0.15, 0.2) is 5.29 Å². The molecule has 0 fully saturated rings.